The average molecular weight is 649 g/mol. The third-order valence-corrected chi connectivity index (χ3v) is 6.18. The van der Waals surface area contributed by atoms with Crippen molar-refractivity contribution in [2.24, 2.45) is 5.73 Å². The van der Waals surface area contributed by atoms with Gasteiger partial charge in [0, 0.05) is 33.9 Å². The maximum Gasteiger partial charge on any atom is 0.340 e. The lowest BCUT2D eigenvalue weighted by Crippen LogP contribution is -3.00. The zero-order valence-electron chi connectivity index (χ0n) is 17.1. The molecule has 3 rings (SSSR count). The molecule has 0 saturated heterocycles. The molecule has 0 fully saturated rings. The van der Waals surface area contributed by atoms with Crippen LogP contribution in [0.25, 0.3) is 16.6 Å². The number of hydrogen-bond acceptors (Lipinski definition) is 6. The molecule has 2 aromatic carbocycles. The first-order valence-electron chi connectivity index (χ1n) is 9.18. The normalized spacial score (nSPS) is 10.5. The van der Waals surface area contributed by atoms with Crippen molar-refractivity contribution in [2.45, 2.75) is 19.6 Å². The van der Waals surface area contributed by atoms with Gasteiger partial charge in [-0.05, 0) is 59.3 Å². The molecule has 0 saturated carbocycles. The highest BCUT2D eigenvalue weighted by atomic mass is 79.9. The molecule has 0 spiro atoms. The Morgan fingerprint density at radius 1 is 1.19 bits per heavy atom. The van der Waals surface area contributed by atoms with E-state index in [1.807, 2.05) is 28.8 Å². The van der Waals surface area contributed by atoms with Crippen LogP contribution in [0.1, 0.15) is 29.9 Å². The number of carbonyl (C=O) groups excluding carboxylic acids is 2. The van der Waals surface area contributed by atoms with E-state index in [0.717, 1.165) is 21.9 Å². The number of ether oxygens (including phenoxy) is 2. The van der Waals surface area contributed by atoms with E-state index >= 15 is 0 Å². The van der Waals surface area contributed by atoms with Crippen molar-refractivity contribution in [3.05, 3.63) is 56.6 Å². The van der Waals surface area contributed by atoms with Crippen LogP contribution in [0.15, 0.2) is 45.3 Å². The fourth-order valence-electron chi connectivity index (χ4n) is 3.17. The minimum atomic E-state index is -0.501. The highest BCUT2D eigenvalue weighted by molar-refractivity contribution is 9.10. The Bertz CT molecular complexity index is 1180. The van der Waals surface area contributed by atoms with Crippen LogP contribution in [0, 0.1) is 5.41 Å². The highest BCUT2D eigenvalue weighted by Crippen LogP contribution is 2.38. The third-order valence-electron chi connectivity index (χ3n) is 4.30. The van der Waals surface area contributed by atoms with Crippen LogP contribution in [0.4, 0.5) is 0 Å². The lowest BCUT2D eigenvalue weighted by molar-refractivity contribution is -0.131. The lowest BCUT2D eigenvalue weighted by atomic mass is 10.1. The predicted octanol–water partition coefficient (Wildman–Crippen LogP) is 2.39. The number of rotatable bonds is 6. The molecule has 1 heterocycles. The van der Waals surface area contributed by atoms with Gasteiger partial charge in [0.15, 0.2) is 5.17 Å². The van der Waals surface area contributed by atoms with Crippen LogP contribution < -0.4 is 27.5 Å². The van der Waals surface area contributed by atoms with E-state index in [1.54, 1.807) is 19.1 Å². The van der Waals surface area contributed by atoms with Crippen LogP contribution >= 0.6 is 43.6 Å². The second-order valence-electron chi connectivity index (χ2n) is 6.40. The molecule has 11 heteroatoms. The Kier molecular flexibility index (Phi) is 9.38. The standard InChI is InChI=1S/C21H19Br2N3O4S.BrH/c1-3-29-20(28)19-14-8-18(30-11(2)27)15(23)9-16(14)26(17(19)10-31-21(24)25)13-6-4-12(22)5-7-13;/h4-9H,3,10H2,1-2H3,(H3,24,25);1H/p-1. The van der Waals surface area contributed by atoms with Crippen LogP contribution in [0.2, 0.25) is 0 Å². The van der Waals surface area contributed by atoms with Crippen LogP contribution in [0.3, 0.4) is 0 Å². The summed E-state index contributed by atoms with van der Waals surface area (Å²) in [5, 5.41) is 8.13. The third kappa shape index (κ3) is 5.75. The number of fused-ring (bicyclic) bond motifs is 1. The Labute approximate surface area is 216 Å². The number of halogens is 3. The van der Waals surface area contributed by atoms with Gasteiger partial charge >= 0.3 is 11.9 Å². The molecule has 0 aliphatic heterocycles. The summed E-state index contributed by atoms with van der Waals surface area (Å²) in [6.07, 6.45) is 0. The minimum absolute atomic E-state index is 0. The van der Waals surface area contributed by atoms with Gasteiger partial charge in [0.05, 0.1) is 22.2 Å². The number of nitrogens with one attached hydrogen (secondary N) is 1. The Morgan fingerprint density at radius 3 is 2.41 bits per heavy atom. The quantitative estimate of drug-likeness (QED) is 0.184. The average Bonchev–Trinajstić information content (AvgIpc) is 3.00. The molecule has 7 nitrogen and oxygen atoms in total. The molecule has 0 bridgehead atoms. The zero-order valence-corrected chi connectivity index (χ0v) is 22.7. The van der Waals surface area contributed by atoms with Crippen molar-refractivity contribution in [3.8, 4) is 11.4 Å². The van der Waals surface area contributed by atoms with Crippen molar-refractivity contribution in [3.63, 3.8) is 0 Å². The fourth-order valence-corrected chi connectivity index (χ4v) is 4.42. The van der Waals surface area contributed by atoms with Crippen molar-refractivity contribution in [1.29, 1.82) is 5.41 Å². The number of benzene rings is 2. The Hall–Kier alpha value is -1.82. The number of aromatic nitrogens is 1. The molecule has 3 aromatic rings. The van der Waals surface area contributed by atoms with E-state index in [-0.39, 0.29) is 34.5 Å². The van der Waals surface area contributed by atoms with Crippen molar-refractivity contribution < 1.29 is 36.0 Å². The number of carbonyl (C=O) groups is 2. The van der Waals surface area contributed by atoms with Gasteiger partial charge in [-0.3, -0.25) is 10.2 Å². The number of nitrogens with zero attached hydrogens (tertiary/aromatic N) is 1. The van der Waals surface area contributed by atoms with Crippen molar-refractivity contribution in [1.82, 2.24) is 4.57 Å². The molecule has 0 amide bonds. The maximum absolute atomic E-state index is 13.0. The second-order valence-corrected chi connectivity index (χ2v) is 9.19. The molecule has 3 N–H and O–H groups in total. The number of thioether (sulfide) groups is 1. The summed E-state index contributed by atoms with van der Waals surface area (Å²) in [5.41, 5.74) is 8.08. The molecular weight excluding hydrogens is 630 g/mol. The first-order chi connectivity index (χ1) is 14.7. The van der Waals surface area contributed by atoms with Crippen molar-refractivity contribution >= 4 is 71.6 Å². The topological polar surface area (TPSA) is 107 Å². The van der Waals surface area contributed by atoms with E-state index in [0.29, 0.717) is 32.4 Å². The van der Waals surface area contributed by atoms with Crippen LogP contribution in [0.5, 0.6) is 5.75 Å². The molecule has 0 aliphatic rings. The Balaban J connectivity index is 0.00000363. The summed E-state index contributed by atoms with van der Waals surface area (Å²) in [4.78, 5) is 24.5. The van der Waals surface area contributed by atoms with Gasteiger partial charge in [-0.1, -0.05) is 27.7 Å². The molecule has 0 atom stereocenters. The summed E-state index contributed by atoms with van der Waals surface area (Å²) in [5.74, 6) is -0.408. The second kappa shape index (κ2) is 11.4. The summed E-state index contributed by atoms with van der Waals surface area (Å²) in [6.45, 7) is 3.25. The summed E-state index contributed by atoms with van der Waals surface area (Å²) in [7, 11) is 0. The van der Waals surface area contributed by atoms with E-state index in [4.69, 9.17) is 20.6 Å². The van der Waals surface area contributed by atoms with E-state index < -0.39 is 11.9 Å². The van der Waals surface area contributed by atoms with Crippen LogP contribution in [-0.2, 0) is 15.3 Å². The first-order valence-corrected chi connectivity index (χ1v) is 11.7. The van der Waals surface area contributed by atoms with Crippen LogP contribution in [-0.4, -0.2) is 28.3 Å². The largest absolute Gasteiger partial charge is 1.00 e. The van der Waals surface area contributed by atoms with Crippen molar-refractivity contribution in [2.75, 3.05) is 6.61 Å². The van der Waals surface area contributed by atoms with Gasteiger partial charge in [0.25, 0.3) is 0 Å². The smallest absolute Gasteiger partial charge is 0.340 e. The fraction of sp³-hybridized carbons (Fsp3) is 0.190. The summed E-state index contributed by atoms with van der Waals surface area (Å²) >= 11 is 8.00. The maximum atomic E-state index is 13.0. The number of hydrogen-bond donors (Lipinski definition) is 2. The highest BCUT2D eigenvalue weighted by Gasteiger charge is 2.26. The molecule has 32 heavy (non-hydrogen) atoms. The summed E-state index contributed by atoms with van der Waals surface area (Å²) < 4.78 is 14.0. The SMILES string of the molecule is CCOC(=O)c1c(CSC(=N)N)n(-c2ccc(Br)cc2)c2cc(Br)c(OC(C)=O)cc12.[Br-]. The molecule has 1 aromatic heterocycles. The van der Waals surface area contributed by atoms with E-state index in [2.05, 4.69) is 31.9 Å². The number of esters is 2. The van der Waals surface area contributed by atoms with Gasteiger partial charge in [0.1, 0.15) is 5.75 Å². The van der Waals surface area contributed by atoms with Gasteiger partial charge in [-0.25, -0.2) is 4.79 Å². The van der Waals surface area contributed by atoms with E-state index in [9.17, 15) is 9.59 Å². The lowest BCUT2D eigenvalue weighted by Gasteiger charge is -2.12. The number of amidine groups is 1. The molecule has 170 valence electrons. The van der Waals surface area contributed by atoms with Gasteiger partial charge in [-0.15, -0.1) is 0 Å². The first kappa shape index (κ1) is 26.4. The van der Waals surface area contributed by atoms with Gasteiger partial charge in [0.2, 0.25) is 0 Å². The molecule has 0 aliphatic carbocycles. The monoisotopic (exact) mass is 646 g/mol. The van der Waals surface area contributed by atoms with Gasteiger partial charge < -0.3 is 36.8 Å². The summed E-state index contributed by atoms with van der Waals surface area (Å²) in [6, 6.07) is 11.1. The molecule has 0 radical (unpaired) electrons. The number of nitrogens with two attached hydrogens (primary N) is 1. The minimum Gasteiger partial charge on any atom is -1.00 e. The molecule has 0 unspecified atom stereocenters. The molecular formula is C21H19Br3N3O4S-. The zero-order chi connectivity index (χ0) is 22.7. The van der Waals surface area contributed by atoms with E-state index in [1.165, 1.54) is 6.92 Å². The predicted molar refractivity (Wildman–Crippen MR) is 129 cm³/mol. The Morgan fingerprint density at radius 2 is 1.84 bits per heavy atom. The van der Waals surface area contributed by atoms with Gasteiger partial charge in [-0.2, -0.15) is 0 Å².